The van der Waals surface area contributed by atoms with Gasteiger partial charge in [0.15, 0.2) is 10.9 Å². The highest BCUT2D eigenvalue weighted by Crippen LogP contribution is 2.41. The van der Waals surface area contributed by atoms with Gasteiger partial charge in [-0.1, -0.05) is 30.0 Å². The zero-order valence-corrected chi connectivity index (χ0v) is 18.4. The minimum Gasteiger partial charge on any atom is -0.293 e. The van der Waals surface area contributed by atoms with Crippen LogP contribution < -0.4 is 4.31 Å². The maximum atomic E-state index is 12.7. The van der Waals surface area contributed by atoms with E-state index in [9.17, 15) is 13.2 Å². The number of carbonyl (C=O) groups excluding carboxylic acids is 1. The average Bonchev–Trinajstić information content (AvgIpc) is 3.50. The third-order valence-electron chi connectivity index (χ3n) is 5.00. The largest absolute Gasteiger partial charge is 0.293 e. The first kappa shape index (κ1) is 20.6. The van der Waals surface area contributed by atoms with Gasteiger partial charge in [0.1, 0.15) is 5.82 Å². The van der Waals surface area contributed by atoms with Crippen LogP contribution in [0.3, 0.4) is 0 Å². The molecule has 4 rings (SSSR count). The van der Waals surface area contributed by atoms with Gasteiger partial charge in [0.2, 0.25) is 10.0 Å². The molecule has 0 N–H and O–H groups in total. The van der Waals surface area contributed by atoms with Crippen LogP contribution in [0, 0.1) is 0 Å². The highest BCUT2D eigenvalue weighted by atomic mass is 32.2. The molecule has 1 fully saturated rings. The quantitative estimate of drug-likeness (QED) is 0.392. The Kier molecular flexibility index (Phi) is 5.66. The standard InChI is InChI=1S/C21H22N4O3S2/c1-24(30(2,27)28)17-12-10-15(11-13-17)19(26)14-29-21-23-22-20(16-8-9-16)25(21)18-6-4-3-5-7-18/h3-7,10-13,16H,8-9,14H2,1-2H3. The lowest BCUT2D eigenvalue weighted by Gasteiger charge is -2.16. The van der Waals surface area contributed by atoms with Gasteiger partial charge in [-0.25, -0.2) is 8.42 Å². The van der Waals surface area contributed by atoms with Gasteiger partial charge < -0.3 is 0 Å². The van der Waals surface area contributed by atoms with E-state index in [0.29, 0.717) is 22.3 Å². The predicted molar refractivity (Wildman–Crippen MR) is 118 cm³/mol. The smallest absolute Gasteiger partial charge is 0.231 e. The van der Waals surface area contributed by atoms with E-state index < -0.39 is 10.0 Å². The van der Waals surface area contributed by atoms with E-state index in [-0.39, 0.29) is 11.5 Å². The first-order valence-electron chi connectivity index (χ1n) is 9.55. The predicted octanol–water partition coefficient (Wildman–Crippen LogP) is 3.52. The maximum absolute atomic E-state index is 12.7. The molecule has 7 nitrogen and oxygen atoms in total. The number of Topliss-reactive ketones (excluding diaryl/α,β-unsaturated/α-hetero) is 1. The van der Waals surface area contributed by atoms with E-state index in [4.69, 9.17) is 0 Å². The molecule has 30 heavy (non-hydrogen) atoms. The molecule has 0 atom stereocenters. The second kappa shape index (κ2) is 8.23. The number of ketones is 1. The zero-order valence-electron chi connectivity index (χ0n) is 16.7. The van der Waals surface area contributed by atoms with Crippen LogP contribution in [-0.4, -0.2) is 48.0 Å². The Morgan fingerprint density at radius 2 is 1.77 bits per heavy atom. The normalized spacial score (nSPS) is 13.9. The molecule has 156 valence electrons. The summed E-state index contributed by atoms with van der Waals surface area (Å²) in [6.07, 6.45) is 3.37. The molecule has 0 saturated heterocycles. The fourth-order valence-electron chi connectivity index (χ4n) is 3.06. The minimum atomic E-state index is -3.34. The molecule has 1 heterocycles. The van der Waals surface area contributed by atoms with Gasteiger partial charge in [0.25, 0.3) is 0 Å². The summed E-state index contributed by atoms with van der Waals surface area (Å²) in [4.78, 5) is 12.7. The van der Waals surface area contributed by atoms with Crippen LogP contribution in [0.25, 0.3) is 5.69 Å². The zero-order chi connectivity index (χ0) is 21.3. The van der Waals surface area contributed by atoms with E-state index in [2.05, 4.69) is 10.2 Å². The lowest BCUT2D eigenvalue weighted by atomic mass is 10.1. The van der Waals surface area contributed by atoms with Gasteiger partial charge in [-0.15, -0.1) is 10.2 Å². The van der Waals surface area contributed by atoms with Gasteiger partial charge in [-0.2, -0.15) is 0 Å². The number of hydrogen-bond acceptors (Lipinski definition) is 6. The lowest BCUT2D eigenvalue weighted by molar-refractivity contribution is 0.102. The number of benzene rings is 2. The number of aromatic nitrogens is 3. The third kappa shape index (κ3) is 4.41. The van der Waals surface area contributed by atoms with Crippen LogP contribution in [0.4, 0.5) is 5.69 Å². The summed E-state index contributed by atoms with van der Waals surface area (Å²) in [7, 11) is -1.86. The van der Waals surface area contributed by atoms with Crippen molar-refractivity contribution in [3.05, 3.63) is 66.0 Å². The Labute approximate surface area is 180 Å². The van der Waals surface area contributed by atoms with Crippen molar-refractivity contribution in [3.8, 4) is 5.69 Å². The van der Waals surface area contributed by atoms with Gasteiger partial charge >= 0.3 is 0 Å². The monoisotopic (exact) mass is 442 g/mol. The fraction of sp³-hybridized carbons (Fsp3) is 0.286. The van der Waals surface area contributed by atoms with Gasteiger partial charge in [-0.3, -0.25) is 13.7 Å². The second-order valence-electron chi connectivity index (χ2n) is 7.28. The molecule has 9 heteroatoms. The lowest BCUT2D eigenvalue weighted by Crippen LogP contribution is -2.24. The van der Waals surface area contributed by atoms with Crippen LogP contribution in [0.2, 0.25) is 0 Å². The molecule has 0 aliphatic heterocycles. The molecular formula is C21H22N4O3S2. The molecule has 0 bridgehead atoms. The van der Waals surface area contributed by atoms with Gasteiger partial charge in [0.05, 0.1) is 17.7 Å². The maximum Gasteiger partial charge on any atom is 0.231 e. The highest BCUT2D eigenvalue weighted by molar-refractivity contribution is 7.99. The summed E-state index contributed by atoms with van der Waals surface area (Å²) >= 11 is 1.36. The molecule has 1 aliphatic rings. The fourth-order valence-corrected chi connectivity index (χ4v) is 4.42. The minimum absolute atomic E-state index is 0.0517. The number of nitrogens with zero attached hydrogens (tertiary/aromatic N) is 4. The molecular weight excluding hydrogens is 420 g/mol. The van der Waals surface area contributed by atoms with E-state index in [1.807, 2.05) is 34.9 Å². The van der Waals surface area contributed by atoms with Crippen LogP contribution in [0.15, 0.2) is 59.8 Å². The summed E-state index contributed by atoms with van der Waals surface area (Å²) in [5.41, 5.74) is 2.04. The Hall–Kier alpha value is -2.65. The molecule has 2 aromatic carbocycles. The molecule has 3 aromatic rings. The Balaban J connectivity index is 1.50. The summed E-state index contributed by atoms with van der Waals surface area (Å²) in [6.45, 7) is 0. The SMILES string of the molecule is CN(c1ccc(C(=O)CSc2nnc(C3CC3)n2-c2ccccc2)cc1)S(C)(=O)=O. The third-order valence-corrected chi connectivity index (χ3v) is 7.13. The summed E-state index contributed by atoms with van der Waals surface area (Å²) in [5, 5.41) is 9.41. The van der Waals surface area contributed by atoms with Crippen LogP contribution in [-0.2, 0) is 10.0 Å². The molecule has 0 amide bonds. The molecule has 1 aromatic heterocycles. The second-order valence-corrected chi connectivity index (χ2v) is 10.2. The molecule has 1 aliphatic carbocycles. The van der Waals surface area contributed by atoms with Gasteiger partial charge in [-0.05, 0) is 49.2 Å². The van der Waals surface area contributed by atoms with Crippen molar-refractivity contribution in [2.45, 2.75) is 23.9 Å². The number of sulfonamides is 1. The summed E-state index contributed by atoms with van der Waals surface area (Å²) in [6, 6.07) is 16.5. The van der Waals surface area contributed by atoms with E-state index in [1.165, 1.54) is 23.1 Å². The van der Waals surface area contributed by atoms with Crippen molar-refractivity contribution in [2.75, 3.05) is 23.4 Å². The molecule has 0 unspecified atom stereocenters. The topological polar surface area (TPSA) is 85.2 Å². The van der Waals surface area contributed by atoms with Crippen molar-refractivity contribution in [2.24, 2.45) is 0 Å². The van der Waals surface area contributed by atoms with E-state index in [0.717, 1.165) is 30.6 Å². The van der Waals surface area contributed by atoms with Crippen molar-refractivity contribution in [1.82, 2.24) is 14.8 Å². The summed E-state index contributed by atoms with van der Waals surface area (Å²) < 4.78 is 26.5. The summed E-state index contributed by atoms with van der Waals surface area (Å²) in [5.74, 6) is 1.55. The highest BCUT2D eigenvalue weighted by Gasteiger charge is 2.31. The van der Waals surface area contributed by atoms with Crippen LogP contribution in [0.1, 0.15) is 34.9 Å². The number of rotatable bonds is 8. The van der Waals surface area contributed by atoms with Crippen LogP contribution in [0.5, 0.6) is 0 Å². The van der Waals surface area contributed by atoms with E-state index in [1.54, 1.807) is 24.3 Å². The molecule has 1 saturated carbocycles. The van der Waals surface area contributed by atoms with Crippen molar-refractivity contribution in [3.63, 3.8) is 0 Å². The Morgan fingerprint density at radius 3 is 2.37 bits per heavy atom. The Bertz CT molecular complexity index is 1150. The first-order chi connectivity index (χ1) is 14.3. The number of hydrogen-bond donors (Lipinski definition) is 0. The number of para-hydroxylation sites is 1. The van der Waals surface area contributed by atoms with Crippen molar-refractivity contribution >= 4 is 33.3 Å². The first-order valence-corrected chi connectivity index (χ1v) is 12.4. The molecule has 0 radical (unpaired) electrons. The number of carbonyl (C=O) groups is 1. The van der Waals surface area contributed by atoms with Crippen molar-refractivity contribution < 1.29 is 13.2 Å². The van der Waals surface area contributed by atoms with Crippen LogP contribution >= 0.6 is 11.8 Å². The average molecular weight is 443 g/mol. The number of thioether (sulfide) groups is 1. The van der Waals surface area contributed by atoms with E-state index >= 15 is 0 Å². The van der Waals surface area contributed by atoms with Gasteiger partial charge in [0, 0.05) is 24.2 Å². The van der Waals surface area contributed by atoms with Crippen molar-refractivity contribution in [1.29, 1.82) is 0 Å². The number of anilines is 1. The Morgan fingerprint density at radius 1 is 1.10 bits per heavy atom. The molecule has 0 spiro atoms.